The van der Waals surface area contributed by atoms with Crippen molar-refractivity contribution < 1.29 is 29.1 Å². The van der Waals surface area contributed by atoms with Crippen LogP contribution >= 0.6 is 0 Å². The molecule has 0 fully saturated rings. The maximum Gasteiger partial charge on any atom is 0.256 e. The van der Waals surface area contributed by atoms with Crippen molar-refractivity contribution in [2.75, 3.05) is 6.54 Å². The van der Waals surface area contributed by atoms with Crippen LogP contribution in [-0.2, 0) is 29.1 Å². The fourth-order valence-electron chi connectivity index (χ4n) is 2.02. The van der Waals surface area contributed by atoms with Gasteiger partial charge in [0.05, 0.1) is 11.2 Å². The molecule has 0 N–H and O–H groups in total. The lowest BCUT2D eigenvalue weighted by Gasteiger charge is -2.34. The number of rotatable bonds is 12. The molecule has 0 aromatic rings. The van der Waals surface area contributed by atoms with E-state index in [2.05, 4.69) is 0 Å². The van der Waals surface area contributed by atoms with Crippen molar-refractivity contribution in [1.29, 1.82) is 0 Å². The van der Waals surface area contributed by atoms with E-state index in [1.54, 1.807) is 13.8 Å². The topological polar surface area (TPSA) is 74.3 Å². The molecule has 2 amide bonds. The Hall–Kier alpha value is -1.28. The van der Waals surface area contributed by atoms with Gasteiger partial charge in [0.1, 0.15) is 0 Å². The molecule has 0 bridgehead atoms. The van der Waals surface area contributed by atoms with E-state index in [9.17, 15) is 9.59 Å². The number of hydrogen-bond donors (Lipinski definition) is 0. The van der Waals surface area contributed by atoms with Gasteiger partial charge in [0.2, 0.25) is 5.79 Å². The summed E-state index contributed by atoms with van der Waals surface area (Å²) >= 11 is 0. The molecule has 1 aliphatic heterocycles. The smallest absolute Gasteiger partial charge is 0.256 e. The third-order valence-corrected chi connectivity index (χ3v) is 4.79. The van der Waals surface area contributed by atoms with Gasteiger partial charge in [0.25, 0.3) is 11.8 Å². The molecular weight excluding hydrogens is 350 g/mol. The van der Waals surface area contributed by atoms with E-state index in [1.165, 1.54) is 11.0 Å². The molecule has 1 heterocycles. The summed E-state index contributed by atoms with van der Waals surface area (Å²) in [4.78, 5) is 47.4. The quantitative estimate of drug-likeness (QED) is 0.218. The minimum Gasteiger partial charge on any atom is -0.275 e. The zero-order chi connectivity index (χ0) is 20.9. The summed E-state index contributed by atoms with van der Waals surface area (Å²) in [6, 6.07) is 0. The maximum atomic E-state index is 12.0. The van der Waals surface area contributed by atoms with Gasteiger partial charge in [-0.15, -0.1) is 0 Å². The predicted molar refractivity (Wildman–Crippen MR) is 101 cm³/mol. The third kappa shape index (κ3) is 7.33. The molecule has 7 heteroatoms. The van der Waals surface area contributed by atoms with E-state index in [1.807, 2.05) is 41.5 Å². The van der Waals surface area contributed by atoms with Crippen LogP contribution in [0.3, 0.4) is 0 Å². The lowest BCUT2D eigenvalue weighted by Crippen LogP contribution is -2.40. The molecule has 1 aliphatic rings. The van der Waals surface area contributed by atoms with Crippen molar-refractivity contribution in [1.82, 2.24) is 4.90 Å². The van der Waals surface area contributed by atoms with Gasteiger partial charge in [-0.3, -0.25) is 14.5 Å². The highest BCUT2D eigenvalue weighted by molar-refractivity contribution is 6.15. The van der Waals surface area contributed by atoms with Crippen molar-refractivity contribution in [3.63, 3.8) is 0 Å². The van der Waals surface area contributed by atoms with Crippen LogP contribution < -0.4 is 0 Å². The van der Waals surface area contributed by atoms with E-state index >= 15 is 0 Å². The van der Waals surface area contributed by atoms with Crippen LogP contribution in [0.5, 0.6) is 0 Å². The Labute approximate surface area is 162 Å². The summed E-state index contributed by atoms with van der Waals surface area (Å²) in [5.41, 5.74) is -0.504. The van der Waals surface area contributed by atoms with E-state index in [4.69, 9.17) is 19.6 Å². The molecule has 1 rings (SSSR count). The number of amides is 2. The van der Waals surface area contributed by atoms with Crippen molar-refractivity contribution in [2.24, 2.45) is 0 Å². The lowest BCUT2D eigenvalue weighted by molar-refractivity contribution is -0.540. The second-order valence-electron chi connectivity index (χ2n) is 8.42. The summed E-state index contributed by atoms with van der Waals surface area (Å²) in [5, 5.41) is 0. The van der Waals surface area contributed by atoms with Gasteiger partial charge < -0.3 is 0 Å². The van der Waals surface area contributed by atoms with E-state index in [0.717, 1.165) is 12.8 Å². The zero-order valence-corrected chi connectivity index (χ0v) is 18.0. The van der Waals surface area contributed by atoms with E-state index < -0.39 is 17.0 Å². The monoisotopic (exact) mass is 385 g/mol. The first-order valence-electron chi connectivity index (χ1n) is 9.62. The molecule has 0 saturated heterocycles. The van der Waals surface area contributed by atoms with Crippen molar-refractivity contribution >= 4 is 11.8 Å². The van der Waals surface area contributed by atoms with Gasteiger partial charge in [-0.1, -0.05) is 13.8 Å². The Morgan fingerprint density at radius 1 is 0.889 bits per heavy atom. The van der Waals surface area contributed by atoms with Crippen LogP contribution in [-0.4, -0.2) is 40.2 Å². The highest BCUT2D eigenvalue weighted by Crippen LogP contribution is 2.28. The molecule has 0 aliphatic carbocycles. The van der Waals surface area contributed by atoms with Crippen molar-refractivity contribution in [3.05, 3.63) is 11.6 Å². The second-order valence-corrected chi connectivity index (χ2v) is 8.42. The fraction of sp³-hybridized carbons (Fsp3) is 0.800. The summed E-state index contributed by atoms with van der Waals surface area (Å²) in [7, 11) is 0. The van der Waals surface area contributed by atoms with Crippen LogP contribution in [0.4, 0.5) is 0 Å². The minimum atomic E-state index is -1.17. The van der Waals surface area contributed by atoms with Crippen LogP contribution in [0.1, 0.15) is 81.1 Å². The van der Waals surface area contributed by atoms with Crippen molar-refractivity contribution in [2.45, 2.75) is 98.1 Å². The van der Waals surface area contributed by atoms with Crippen LogP contribution in [0, 0.1) is 0 Å². The molecule has 27 heavy (non-hydrogen) atoms. The van der Waals surface area contributed by atoms with Gasteiger partial charge >= 0.3 is 0 Å². The molecular formula is C20H35NO6. The Balaban J connectivity index is 2.70. The second kappa shape index (κ2) is 9.28. The van der Waals surface area contributed by atoms with Gasteiger partial charge in [-0.25, -0.2) is 9.78 Å². The van der Waals surface area contributed by atoms with Crippen LogP contribution in [0.15, 0.2) is 11.6 Å². The van der Waals surface area contributed by atoms with E-state index in [0.29, 0.717) is 18.4 Å². The van der Waals surface area contributed by atoms with Crippen LogP contribution in [0.25, 0.3) is 0 Å². The van der Waals surface area contributed by atoms with Gasteiger partial charge in [-0.2, -0.15) is 9.78 Å². The first kappa shape index (κ1) is 23.8. The van der Waals surface area contributed by atoms with Crippen molar-refractivity contribution in [3.8, 4) is 0 Å². The Morgan fingerprint density at radius 2 is 1.37 bits per heavy atom. The molecule has 0 saturated carbocycles. The standard InChI is InChI=1S/C20H35NO6/c1-9-18(4,5)24-26-20(8,27-25-19(6,7)10-2)12-11-13-21-16(22)14-15(3)17(21)23/h14H,9-13H2,1-8H3. The predicted octanol–water partition coefficient (Wildman–Crippen LogP) is 4.07. The molecule has 156 valence electrons. The molecule has 0 unspecified atom stereocenters. The SMILES string of the molecule is CCC(C)(C)OOC(C)(CCCN1C(=O)C=C(C)C1=O)OOC(C)(C)CC. The molecule has 0 aromatic carbocycles. The normalized spacial score (nSPS) is 16.3. The third-order valence-electron chi connectivity index (χ3n) is 4.79. The summed E-state index contributed by atoms with van der Waals surface area (Å²) in [6.45, 7) is 15.3. The van der Waals surface area contributed by atoms with Crippen LogP contribution in [0.2, 0.25) is 0 Å². The molecule has 0 spiro atoms. The number of carbonyl (C=O) groups is 2. The average Bonchev–Trinajstić information content (AvgIpc) is 2.85. The van der Waals surface area contributed by atoms with Gasteiger partial charge in [-0.05, 0) is 60.8 Å². The largest absolute Gasteiger partial charge is 0.275 e. The van der Waals surface area contributed by atoms with Gasteiger partial charge in [0, 0.05) is 24.6 Å². The van der Waals surface area contributed by atoms with E-state index in [-0.39, 0.29) is 18.4 Å². The Kier molecular flexibility index (Phi) is 8.16. The summed E-state index contributed by atoms with van der Waals surface area (Å²) < 4.78 is 0. The Bertz CT molecular complexity index is 547. The summed E-state index contributed by atoms with van der Waals surface area (Å²) in [6.07, 6.45) is 3.73. The van der Waals surface area contributed by atoms with Gasteiger partial charge in [0.15, 0.2) is 0 Å². The zero-order valence-electron chi connectivity index (χ0n) is 18.0. The highest BCUT2D eigenvalue weighted by atomic mass is 17.3. The molecule has 0 radical (unpaired) electrons. The molecule has 0 aromatic heterocycles. The lowest BCUT2D eigenvalue weighted by atomic mass is 10.1. The number of imide groups is 1. The first-order valence-corrected chi connectivity index (χ1v) is 9.62. The summed E-state index contributed by atoms with van der Waals surface area (Å²) in [5.74, 6) is -1.71. The minimum absolute atomic E-state index is 0.254. The number of hydrogen-bond acceptors (Lipinski definition) is 6. The number of nitrogens with zero attached hydrogens (tertiary/aromatic N) is 1. The number of carbonyl (C=O) groups excluding carboxylic acids is 2. The Morgan fingerprint density at radius 3 is 1.74 bits per heavy atom. The maximum absolute atomic E-state index is 12.0. The highest BCUT2D eigenvalue weighted by Gasteiger charge is 2.36. The molecule has 7 nitrogen and oxygen atoms in total. The molecule has 0 atom stereocenters. The fourth-order valence-corrected chi connectivity index (χ4v) is 2.02. The average molecular weight is 386 g/mol. The first-order chi connectivity index (χ1) is 12.3.